The van der Waals surface area contributed by atoms with Crippen molar-refractivity contribution >= 4 is 0 Å². The third-order valence-electron chi connectivity index (χ3n) is 3.68. The third-order valence-corrected chi connectivity index (χ3v) is 3.68. The van der Waals surface area contributed by atoms with Gasteiger partial charge in [-0.2, -0.15) is 0 Å². The van der Waals surface area contributed by atoms with Gasteiger partial charge in [-0.3, -0.25) is 0 Å². The van der Waals surface area contributed by atoms with E-state index in [2.05, 4.69) is 13.8 Å². The molecule has 1 aliphatic rings. The second-order valence-electron chi connectivity index (χ2n) is 5.79. The minimum atomic E-state index is -0.129. The first-order chi connectivity index (χ1) is 10.2. The maximum Gasteiger partial charge on any atom is 0.161 e. The Hall–Kier alpha value is -1.26. The molecular weight excluding hydrogens is 266 g/mol. The lowest BCUT2D eigenvalue weighted by molar-refractivity contribution is 0.0908. The highest BCUT2D eigenvalue weighted by Crippen LogP contribution is 2.31. The third kappa shape index (κ3) is 4.90. The van der Waals surface area contributed by atoms with E-state index in [0.29, 0.717) is 25.7 Å². The second kappa shape index (κ2) is 8.25. The quantitative estimate of drug-likeness (QED) is 0.838. The fraction of sp³-hybridized carbons (Fsp3) is 0.647. The summed E-state index contributed by atoms with van der Waals surface area (Å²) in [6, 6.07) is 5.78. The van der Waals surface area contributed by atoms with Crippen LogP contribution in [0.2, 0.25) is 0 Å². The smallest absolute Gasteiger partial charge is 0.161 e. The lowest BCUT2D eigenvalue weighted by Gasteiger charge is -2.17. The van der Waals surface area contributed by atoms with Gasteiger partial charge < -0.3 is 19.9 Å². The number of hydrogen-bond donors (Lipinski definition) is 1. The Morgan fingerprint density at radius 2 is 1.95 bits per heavy atom. The average molecular weight is 293 g/mol. The largest absolute Gasteiger partial charge is 0.490 e. The molecule has 0 amide bonds. The van der Waals surface area contributed by atoms with Crippen LogP contribution in [0, 0.1) is 5.92 Å². The molecule has 1 aromatic carbocycles. The Labute approximate surface area is 127 Å². The predicted octanol–water partition coefficient (Wildman–Crippen LogP) is 3.30. The van der Waals surface area contributed by atoms with E-state index in [0.717, 1.165) is 30.1 Å². The minimum Gasteiger partial charge on any atom is -0.490 e. The van der Waals surface area contributed by atoms with Crippen molar-refractivity contribution in [1.82, 2.24) is 0 Å². The molecule has 0 radical (unpaired) electrons. The zero-order chi connectivity index (χ0) is 15.1. The van der Waals surface area contributed by atoms with Gasteiger partial charge in [0.25, 0.3) is 0 Å². The maximum absolute atomic E-state index is 6.21. The predicted molar refractivity (Wildman–Crippen MR) is 83.9 cm³/mol. The second-order valence-corrected chi connectivity index (χ2v) is 5.79. The molecule has 0 aromatic heterocycles. The van der Waals surface area contributed by atoms with Crippen LogP contribution in [-0.2, 0) is 4.74 Å². The molecule has 4 heteroatoms. The van der Waals surface area contributed by atoms with Crippen molar-refractivity contribution in [1.29, 1.82) is 0 Å². The normalized spacial score (nSPS) is 17.1. The lowest BCUT2D eigenvalue weighted by atomic mass is 10.1. The van der Waals surface area contributed by atoms with Crippen molar-refractivity contribution in [3.05, 3.63) is 23.8 Å². The molecule has 1 aliphatic heterocycles. The van der Waals surface area contributed by atoms with Gasteiger partial charge in [-0.05, 0) is 30.0 Å². The van der Waals surface area contributed by atoms with Crippen LogP contribution in [0.1, 0.15) is 44.7 Å². The van der Waals surface area contributed by atoms with Crippen molar-refractivity contribution in [3.8, 4) is 11.5 Å². The van der Waals surface area contributed by atoms with E-state index in [9.17, 15) is 0 Å². The number of benzene rings is 1. The van der Waals surface area contributed by atoms with Gasteiger partial charge in [0, 0.05) is 13.0 Å². The summed E-state index contributed by atoms with van der Waals surface area (Å²) in [4.78, 5) is 0. The summed E-state index contributed by atoms with van der Waals surface area (Å²) in [5, 5.41) is 0. The summed E-state index contributed by atoms with van der Waals surface area (Å²) in [6.07, 6.45) is 3.30. The van der Waals surface area contributed by atoms with Crippen molar-refractivity contribution in [2.75, 3.05) is 26.4 Å². The van der Waals surface area contributed by atoms with Gasteiger partial charge in [-0.1, -0.05) is 26.3 Å². The molecule has 118 valence electrons. The summed E-state index contributed by atoms with van der Waals surface area (Å²) >= 11 is 0. The summed E-state index contributed by atoms with van der Waals surface area (Å²) in [5.41, 5.74) is 7.24. The van der Waals surface area contributed by atoms with Gasteiger partial charge in [-0.15, -0.1) is 0 Å². The van der Waals surface area contributed by atoms with E-state index >= 15 is 0 Å². The highest BCUT2D eigenvalue weighted by Gasteiger charge is 2.14. The molecule has 2 rings (SSSR count). The SMILES string of the molecule is CCCC(C)COCC(N)c1ccc2c(c1)OCCCO2. The van der Waals surface area contributed by atoms with Crippen LogP contribution in [0.25, 0.3) is 0 Å². The number of ether oxygens (including phenoxy) is 3. The molecule has 0 spiro atoms. The summed E-state index contributed by atoms with van der Waals surface area (Å²) in [6.45, 7) is 7.11. The minimum absolute atomic E-state index is 0.129. The molecule has 1 aromatic rings. The number of hydrogen-bond acceptors (Lipinski definition) is 4. The molecule has 0 saturated carbocycles. The molecule has 0 fully saturated rings. The van der Waals surface area contributed by atoms with E-state index in [1.165, 1.54) is 12.8 Å². The topological polar surface area (TPSA) is 53.7 Å². The van der Waals surface area contributed by atoms with Crippen LogP contribution in [-0.4, -0.2) is 26.4 Å². The Morgan fingerprint density at radius 1 is 1.19 bits per heavy atom. The average Bonchev–Trinajstić information content (AvgIpc) is 2.71. The van der Waals surface area contributed by atoms with Crippen molar-refractivity contribution in [3.63, 3.8) is 0 Å². The van der Waals surface area contributed by atoms with Gasteiger partial charge in [0.1, 0.15) is 0 Å². The number of rotatable bonds is 7. The van der Waals surface area contributed by atoms with E-state index in [1.54, 1.807) is 0 Å². The van der Waals surface area contributed by atoms with E-state index < -0.39 is 0 Å². The fourth-order valence-electron chi connectivity index (χ4n) is 2.48. The van der Waals surface area contributed by atoms with Crippen molar-refractivity contribution in [2.45, 2.75) is 39.2 Å². The van der Waals surface area contributed by atoms with Crippen LogP contribution < -0.4 is 15.2 Å². The molecule has 2 unspecified atom stereocenters. The van der Waals surface area contributed by atoms with E-state index in [1.807, 2.05) is 18.2 Å². The molecule has 0 saturated heterocycles. The monoisotopic (exact) mass is 293 g/mol. The van der Waals surface area contributed by atoms with Crippen LogP contribution >= 0.6 is 0 Å². The van der Waals surface area contributed by atoms with Crippen molar-refractivity contribution in [2.24, 2.45) is 11.7 Å². The van der Waals surface area contributed by atoms with Gasteiger partial charge in [0.05, 0.1) is 25.9 Å². The van der Waals surface area contributed by atoms with Gasteiger partial charge in [0.2, 0.25) is 0 Å². The first kappa shape index (κ1) is 16.1. The zero-order valence-electron chi connectivity index (χ0n) is 13.1. The van der Waals surface area contributed by atoms with Crippen LogP contribution in [0.3, 0.4) is 0 Å². The molecule has 1 heterocycles. The van der Waals surface area contributed by atoms with Crippen molar-refractivity contribution < 1.29 is 14.2 Å². The molecule has 2 N–H and O–H groups in total. The molecule has 2 atom stereocenters. The lowest BCUT2D eigenvalue weighted by Crippen LogP contribution is -2.19. The Bertz CT molecular complexity index is 436. The molecule has 0 bridgehead atoms. The highest BCUT2D eigenvalue weighted by atomic mass is 16.5. The van der Waals surface area contributed by atoms with Gasteiger partial charge in [-0.25, -0.2) is 0 Å². The fourth-order valence-corrected chi connectivity index (χ4v) is 2.48. The van der Waals surface area contributed by atoms with Crippen LogP contribution in [0.4, 0.5) is 0 Å². The van der Waals surface area contributed by atoms with Crippen LogP contribution in [0.15, 0.2) is 18.2 Å². The number of nitrogens with two attached hydrogens (primary N) is 1. The van der Waals surface area contributed by atoms with Crippen LogP contribution in [0.5, 0.6) is 11.5 Å². The van der Waals surface area contributed by atoms with Gasteiger partial charge >= 0.3 is 0 Å². The summed E-state index contributed by atoms with van der Waals surface area (Å²) in [5.74, 6) is 2.19. The number of fused-ring (bicyclic) bond motifs is 1. The molecule has 21 heavy (non-hydrogen) atoms. The van der Waals surface area contributed by atoms with E-state index in [-0.39, 0.29) is 6.04 Å². The maximum atomic E-state index is 6.21. The van der Waals surface area contributed by atoms with Gasteiger partial charge in [0.15, 0.2) is 11.5 Å². The highest BCUT2D eigenvalue weighted by molar-refractivity contribution is 5.44. The molecule has 4 nitrogen and oxygen atoms in total. The Morgan fingerprint density at radius 3 is 2.71 bits per heavy atom. The Kier molecular flexibility index (Phi) is 6.33. The summed E-state index contributed by atoms with van der Waals surface area (Å²) < 4.78 is 17.1. The van der Waals surface area contributed by atoms with E-state index in [4.69, 9.17) is 19.9 Å². The molecular formula is C17H27NO3. The first-order valence-corrected chi connectivity index (χ1v) is 7.93. The summed E-state index contributed by atoms with van der Waals surface area (Å²) in [7, 11) is 0. The standard InChI is InChI=1S/C17H27NO3/c1-3-5-13(2)11-19-12-15(18)14-6-7-16-17(10-14)21-9-4-8-20-16/h6-7,10,13,15H,3-5,8-9,11-12,18H2,1-2H3. The Balaban J connectivity index is 1.87. The molecule has 0 aliphatic carbocycles. The first-order valence-electron chi connectivity index (χ1n) is 7.93. The zero-order valence-corrected chi connectivity index (χ0v) is 13.1.